The first kappa shape index (κ1) is 12.7. The number of aromatic nitrogens is 2. The molecule has 6 nitrogen and oxygen atoms in total. The summed E-state index contributed by atoms with van der Waals surface area (Å²) in [6.45, 7) is 1.83. The van der Waals surface area contributed by atoms with Crippen molar-refractivity contribution in [2.24, 2.45) is 0 Å². The third kappa shape index (κ3) is 3.16. The van der Waals surface area contributed by atoms with Gasteiger partial charge in [-0.3, -0.25) is 4.84 Å². The number of nitrogens with one attached hydrogen (secondary N) is 2. The summed E-state index contributed by atoms with van der Waals surface area (Å²) >= 11 is 0. The van der Waals surface area contributed by atoms with Crippen molar-refractivity contribution in [2.45, 2.75) is 18.6 Å². The fourth-order valence-corrected chi connectivity index (χ4v) is 2.12. The molecule has 1 aromatic carbocycles. The van der Waals surface area contributed by atoms with Crippen molar-refractivity contribution < 1.29 is 13.3 Å². The number of hydrogen-bond acceptors (Lipinski definition) is 4. The van der Waals surface area contributed by atoms with Gasteiger partial charge in [0.25, 0.3) is 10.0 Å². The maximum Gasteiger partial charge on any atom is 0.279 e. The second kappa shape index (κ2) is 5.30. The van der Waals surface area contributed by atoms with Gasteiger partial charge in [-0.25, -0.2) is 13.4 Å². The van der Waals surface area contributed by atoms with E-state index in [1.165, 1.54) is 6.20 Å². The molecule has 1 heterocycles. The Bertz CT molecular complexity index is 607. The van der Waals surface area contributed by atoms with Crippen molar-refractivity contribution in [1.82, 2.24) is 14.9 Å². The summed E-state index contributed by atoms with van der Waals surface area (Å²) in [5.74, 6) is 0.526. The van der Waals surface area contributed by atoms with E-state index in [0.717, 1.165) is 5.56 Å². The number of aryl methyl sites for hydroxylation is 1. The highest BCUT2D eigenvalue weighted by molar-refractivity contribution is 7.89. The summed E-state index contributed by atoms with van der Waals surface area (Å²) in [6, 6.07) is 9.27. The zero-order chi connectivity index (χ0) is 13.0. The number of benzene rings is 1. The van der Waals surface area contributed by atoms with Crippen LogP contribution in [-0.2, 0) is 21.5 Å². The van der Waals surface area contributed by atoms with Crippen molar-refractivity contribution >= 4 is 10.0 Å². The molecule has 0 unspecified atom stereocenters. The molecule has 0 radical (unpaired) electrons. The number of H-pyrrole nitrogens is 1. The Labute approximate surface area is 105 Å². The van der Waals surface area contributed by atoms with Crippen LogP contribution in [-0.4, -0.2) is 18.4 Å². The number of sulfonamides is 1. The first-order chi connectivity index (χ1) is 8.58. The second-order valence-corrected chi connectivity index (χ2v) is 5.31. The van der Waals surface area contributed by atoms with Gasteiger partial charge in [-0.2, -0.15) is 0 Å². The standard InChI is InChI=1S/C11H13N3O3S/c1-9-12-7-11(13-9)18(15,16)14-17-8-10-5-3-2-4-6-10/h2-7,14H,8H2,1H3,(H,12,13). The summed E-state index contributed by atoms with van der Waals surface area (Å²) in [5, 5.41) is -0.0203. The summed E-state index contributed by atoms with van der Waals surface area (Å²) in [5.41, 5.74) is 0.876. The molecule has 1 aromatic heterocycles. The number of nitrogens with zero attached hydrogens (tertiary/aromatic N) is 1. The van der Waals surface area contributed by atoms with Crippen LogP contribution in [0.2, 0.25) is 0 Å². The molecule has 0 atom stereocenters. The highest BCUT2D eigenvalue weighted by Crippen LogP contribution is 2.05. The lowest BCUT2D eigenvalue weighted by atomic mass is 10.2. The predicted octanol–water partition coefficient (Wildman–Crippen LogP) is 1.13. The van der Waals surface area contributed by atoms with E-state index in [-0.39, 0.29) is 11.6 Å². The van der Waals surface area contributed by atoms with E-state index in [1.807, 2.05) is 35.2 Å². The second-order valence-electron chi connectivity index (χ2n) is 3.69. The molecule has 7 heteroatoms. The third-order valence-electron chi connectivity index (χ3n) is 2.22. The van der Waals surface area contributed by atoms with Gasteiger partial charge in [0.15, 0.2) is 5.03 Å². The van der Waals surface area contributed by atoms with Gasteiger partial charge in [-0.1, -0.05) is 35.2 Å². The molecule has 0 saturated carbocycles. The van der Waals surface area contributed by atoms with E-state index < -0.39 is 10.0 Å². The minimum Gasteiger partial charge on any atom is -0.332 e. The van der Waals surface area contributed by atoms with Crippen LogP contribution in [0.5, 0.6) is 0 Å². The molecule has 18 heavy (non-hydrogen) atoms. The van der Waals surface area contributed by atoms with Gasteiger partial charge in [0.2, 0.25) is 0 Å². The highest BCUT2D eigenvalue weighted by atomic mass is 32.2. The van der Waals surface area contributed by atoms with E-state index >= 15 is 0 Å². The van der Waals surface area contributed by atoms with E-state index in [1.54, 1.807) is 6.92 Å². The number of imidazole rings is 1. The summed E-state index contributed by atoms with van der Waals surface area (Å²) in [4.78, 5) is 13.4. The van der Waals surface area contributed by atoms with Crippen molar-refractivity contribution in [3.8, 4) is 0 Å². The monoisotopic (exact) mass is 267 g/mol. The highest BCUT2D eigenvalue weighted by Gasteiger charge is 2.16. The summed E-state index contributed by atoms with van der Waals surface area (Å²) in [7, 11) is -3.70. The van der Waals surface area contributed by atoms with E-state index in [4.69, 9.17) is 4.84 Å². The Morgan fingerprint density at radius 3 is 2.67 bits per heavy atom. The fraction of sp³-hybridized carbons (Fsp3) is 0.182. The van der Waals surface area contributed by atoms with Crippen LogP contribution in [0.3, 0.4) is 0 Å². The molecule has 2 N–H and O–H groups in total. The Morgan fingerprint density at radius 1 is 1.33 bits per heavy atom. The number of aromatic amines is 1. The molecular weight excluding hydrogens is 254 g/mol. The minimum atomic E-state index is -3.70. The maximum absolute atomic E-state index is 11.7. The van der Waals surface area contributed by atoms with Crippen LogP contribution in [0, 0.1) is 6.92 Å². The van der Waals surface area contributed by atoms with Crippen molar-refractivity contribution in [3.05, 3.63) is 47.9 Å². The number of hydrogen-bond donors (Lipinski definition) is 2. The molecule has 0 aliphatic carbocycles. The molecule has 0 aliphatic rings. The first-order valence-corrected chi connectivity index (χ1v) is 6.75. The molecule has 0 amide bonds. The fourth-order valence-electron chi connectivity index (χ4n) is 1.34. The first-order valence-electron chi connectivity index (χ1n) is 5.27. The summed E-state index contributed by atoms with van der Waals surface area (Å²) in [6.07, 6.45) is 1.24. The maximum atomic E-state index is 11.7. The topological polar surface area (TPSA) is 84.1 Å². The SMILES string of the molecule is Cc1ncc(S(=O)(=O)NOCc2ccccc2)[nH]1. The predicted molar refractivity (Wildman–Crippen MR) is 64.9 cm³/mol. The van der Waals surface area contributed by atoms with Crippen molar-refractivity contribution in [1.29, 1.82) is 0 Å². The Morgan fingerprint density at radius 2 is 2.06 bits per heavy atom. The molecule has 96 valence electrons. The molecule has 0 aliphatic heterocycles. The Kier molecular flexibility index (Phi) is 3.75. The molecule has 0 spiro atoms. The van der Waals surface area contributed by atoms with Crippen LogP contribution in [0.4, 0.5) is 0 Å². The molecule has 0 fully saturated rings. The molecule has 2 aromatic rings. The van der Waals surface area contributed by atoms with Crippen LogP contribution in [0.25, 0.3) is 0 Å². The van der Waals surface area contributed by atoms with Gasteiger partial charge >= 0.3 is 0 Å². The molecule has 0 saturated heterocycles. The third-order valence-corrected chi connectivity index (χ3v) is 3.34. The lowest BCUT2D eigenvalue weighted by Gasteiger charge is -2.05. The van der Waals surface area contributed by atoms with Crippen LogP contribution >= 0.6 is 0 Å². The minimum absolute atomic E-state index is 0.0203. The largest absolute Gasteiger partial charge is 0.332 e. The van der Waals surface area contributed by atoms with Crippen LogP contribution < -0.4 is 4.89 Å². The quantitative estimate of drug-likeness (QED) is 0.795. The Hall–Kier alpha value is -1.70. The summed E-state index contributed by atoms with van der Waals surface area (Å²) < 4.78 is 23.5. The van der Waals surface area contributed by atoms with Gasteiger partial charge in [0.05, 0.1) is 12.8 Å². The van der Waals surface area contributed by atoms with Crippen molar-refractivity contribution in [2.75, 3.05) is 0 Å². The zero-order valence-electron chi connectivity index (χ0n) is 9.75. The van der Waals surface area contributed by atoms with Gasteiger partial charge in [0, 0.05) is 0 Å². The average molecular weight is 267 g/mol. The average Bonchev–Trinajstić information content (AvgIpc) is 2.78. The molecule has 0 bridgehead atoms. The number of rotatable bonds is 5. The smallest absolute Gasteiger partial charge is 0.279 e. The van der Waals surface area contributed by atoms with E-state index in [0.29, 0.717) is 5.82 Å². The van der Waals surface area contributed by atoms with E-state index in [9.17, 15) is 8.42 Å². The van der Waals surface area contributed by atoms with Gasteiger partial charge in [-0.05, 0) is 12.5 Å². The Balaban J connectivity index is 1.94. The van der Waals surface area contributed by atoms with E-state index in [2.05, 4.69) is 9.97 Å². The van der Waals surface area contributed by atoms with Gasteiger partial charge in [-0.15, -0.1) is 0 Å². The van der Waals surface area contributed by atoms with Gasteiger partial charge in [0.1, 0.15) is 5.82 Å². The molecular formula is C11H13N3O3S. The lowest BCUT2D eigenvalue weighted by molar-refractivity contribution is 0.0793. The zero-order valence-corrected chi connectivity index (χ0v) is 10.6. The lowest BCUT2D eigenvalue weighted by Crippen LogP contribution is -2.24. The van der Waals surface area contributed by atoms with Crippen LogP contribution in [0.1, 0.15) is 11.4 Å². The van der Waals surface area contributed by atoms with Crippen molar-refractivity contribution in [3.63, 3.8) is 0 Å². The normalized spacial score (nSPS) is 11.6. The molecule has 2 rings (SSSR count). The van der Waals surface area contributed by atoms with Gasteiger partial charge < -0.3 is 4.98 Å². The van der Waals surface area contributed by atoms with Crippen LogP contribution in [0.15, 0.2) is 41.6 Å².